The minimum atomic E-state index is -5.97. The molecule has 0 unspecified atom stereocenters. The second kappa shape index (κ2) is 11.9. The standard InChI is InChI=1S/C27H2F16N6/c28-10-5-47-4-9(25(35,36)37)11(10)6(1-44)12-13(7(2-45)15-17(29)21(26(38,39)40)48-23(33)19(15)31)14(12)8(3-46)16-18(30)22(27(41,42)43)49-24(34)20(16)32/h4-5H/b12-6-,13-7?,14-8-. The van der Waals surface area contributed by atoms with Crippen molar-refractivity contribution in [2.24, 2.45) is 0 Å². The van der Waals surface area contributed by atoms with Crippen LogP contribution in [0.15, 0.2) is 29.1 Å². The molecule has 3 aromatic heterocycles. The lowest BCUT2D eigenvalue weighted by atomic mass is 9.99. The van der Waals surface area contributed by atoms with Crippen molar-refractivity contribution in [3.05, 3.63) is 104 Å². The molecule has 0 saturated heterocycles. The van der Waals surface area contributed by atoms with Gasteiger partial charge in [0.2, 0.25) is 11.9 Å². The number of allylic oxidation sites excluding steroid dienone is 6. The molecule has 1 fully saturated rings. The Kier molecular flexibility index (Phi) is 8.72. The Morgan fingerprint density at radius 1 is 0.490 bits per heavy atom. The van der Waals surface area contributed by atoms with E-state index in [0.717, 1.165) is 18.2 Å². The lowest BCUT2D eigenvalue weighted by Gasteiger charge is -2.12. The van der Waals surface area contributed by atoms with Crippen LogP contribution in [0.25, 0.3) is 16.7 Å². The highest BCUT2D eigenvalue weighted by Gasteiger charge is 2.49. The van der Waals surface area contributed by atoms with E-state index in [-0.39, 0.29) is 12.4 Å². The second-order valence-corrected chi connectivity index (χ2v) is 9.13. The summed E-state index contributed by atoms with van der Waals surface area (Å²) in [6.45, 7) is 0. The Balaban J connectivity index is 2.37. The van der Waals surface area contributed by atoms with E-state index in [2.05, 4.69) is 4.98 Å². The number of alkyl halides is 9. The average Bonchev–Trinajstić information content (AvgIpc) is 3.70. The van der Waals surface area contributed by atoms with Gasteiger partial charge in [0.05, 0.1) is 39.6 Å². The predicted molar refractivity (Wildman–Crippen MR) is 125 cm³/mol. The molecule has 1 aliphatic rings. The summed E-state index contributed by atoms with van der Waals surface area (Å²) >= 11 is 0. The first-order valence-electron chi connectivity index (χ1n) is 11.9. The van der Waals surface area contributed by atoms with E-state index in [1.165, 1.54) is 0 Å². The first kappa shape index (κ1) is 35.9. The van der Waals surface area contributed by atoms with Gasteiger partial charge in [0.25, 0.3) is 0 Å². The molecule has 0 amide bonds. The van der Waals surface area contributed by atoms with Gasteiger partial charge in [-0.2, -0.15) is 64.1 Å². The molecule has 0 aliphatic heterocycles. The first-order chi connectivity index (χ1) is 22.5. The molecule has 0 bridgehead atoms. The van der Waals surface area contributed by atoms with Crippen LogP contribution in [0, 0.1) is 75.0 Å². The number of nitriles is 3. The molecule has 0 aromatic carbocycles. The Labute approximate surface area is 258 Å². The molecule has 0 radical (unpaired) electrons. The number of hydrogen-bond donors (Lipinski definition) is 0. The zero-order valence-electron chi connectivity index (χ0n) is 22.4. The van der Waals surface area contributed by atoms with Gasteiger partial charge in [0, 0.05) is 28.5 Å². The fourth-order valence-electron chi connectivity index (χ4n) is 4.39. The number of halogens is 16. The van der Waals surface area contributed by atoms with Crippen molar-refractivity contribution in [1.29, 1.82) is 15.8 Å². The molecule has 3 heterocycles. The zero-order chi connectivity index (χ0) is 37.1. The van der Waals surface area contributed by atoms with Crippen LogP contribution >= 0.6 is 0 Å². The molecule has 0 atom stereocenters. The maximum atomic E-state index is 15.1. The van der Waals surface area contributed by atoms with Gasteiger partial charge in [0.1, 0.15) is 18.2 Å². The van der Waals surface area contributed by atoms with Gasteiger partial charge >= 0.3 is 18.5 Å². The van der Waals surface area contributed by atoms with E-state index in [9.17, 15) is 77.3 Å². The van der Waals surface area contributed by atoms with E-state index in [1.807, 2.05) is 9.97 Å². The van der Waals surface area contributed by atoms with Crippen molar-refractivity contribution in [2.75, 3.05) is 0 Å². The summed E-state index contributed by atoms with van der Waals surface area (Å²) < 4.78 is 225. The lowest BCUT2D eigenvalue weighted by Crippen LogP contribution is -2.16. The van der Waals surface area contributed by atoms with Gasteiger partial charge in [-0.05, 0) is 0 Å². The molecule has 0 N–H and O–H groups in total. The van der Waals surface area contributed by atoms with Crippen LogP contribution in [0.3, 0.4) is 0 Å². The largest absolute Gasteiger partial charge is 0.436 e. The molecule has 1 saturated carbocycles. The minimum Gasteiger partial charge on any atom is -0.261 e. The summed E-state index contributed by atoms with van der Waals surface area (Å²) in [6, 6.07) is 2.51. The molecular weight excluding hydrogens is 712 g/mol. The maximum absolute atomic E-state index is 15.1. The molecular formula is C27H2F16N6. The zero-order valence-corrected chi connectivity index (χ0v) is 22.4. The van der Waals surface area contributed by atoms with Crippen LogP contribution < -0.4 is 0 Å². The average molecular weight is 714 g/mol. The van der Waals surface area contributed by atoms with Gasteiger partial charge in [-0.3, -0.25) is 4.98 Å². The molecule has 4 rings (SSSR count). The Hall–Kier alpha value is -5.98. The van der Waals surface area contributed by atoms with Crippen molar-refractivity contribution in [2.45, 2.75) is 18.5 Å². The number of aromatic nitrogens is 3. The van der Waals surface area contributed by atoms with Gasteiger partial charge in [-0.1, -0.05) is 0 Å². The third-order valence-electron chi connectivity index (χ3n) is 6.34. The molecule has 1 aliphatic carbocycles. The summed E-state index contributed by atoms with van der Waals surface area (Å²) in [5.41, 5.74) is -25.1. The summed E-state index contributed by atoms with van der Waals surface area (Å²) in [6.07, 6.45) is -17.7. The highest BCUT2D eigenvalue weighted by Crippen LogP contribution is 2.58. The van der Waals surface area contributed by atoms with Crippen LogP contribution in [-0.4, -0.2) is 15.0 Å². The smallest absolute Gasteiger partial charge is 0.261 e. The monoisotopic (exact) mass is 714 g/mol. The van der Waals surface area contributed by atoms with Crippen molar-refractivity contribution in [3.63, 3.8) is 0 Å². The van der Waals surface area contributed by atoms with Crippen LogP contribution in [0.5, 0.6) is 0 Å². The molecule has 6 nitrogen and oxygen atoms in total. The first-order valence-corrected chi connectivity index (χ1v) is 11.9. The fraction of sp³-hybridized carbons (Fsp3) is 0.111. The normalized spacial score (nSPS) is 16.4. The SMILES string of the molecule is N#CC(=C1C(=C(\C#N)c2c(F)cncc2C(F)(F)F)/C1=C(\C#N)c1c(F)c(F)nc(C(F)(F)F)c1F)c1c(F)c(F)nc(C(F)(F)F)c1F. The number of pyridine rings is 3. The molecule has 252 valence electrons. The number of rotatable bonds is 3. The molecule has 3 aromatic rings. The summed E-state index contributed by atoms with van der Waals surface area (Å²) in [4.78, 5) is 6.94. The third-order valence-corrected chi connectivity index (χ3v) is 6.34. The molecule has 22 heteroatoms. The van der Waals surface area contributed by atoms with Crippen molar-refractivity contribution in [3.8, 4) is 18.2 Å². The number of hydrogen-bond acceptors (Lipinski definition) is 6. The van der Waals surface area contributed by atoms with Crippen molar-refractivity contribution >= 4 is 16.7 Å². The second-order valence-electron chi connectivity index (χ2n) is 9.13. The Morgan fingerprint density at radius 2 is 0.837 bits per heavy atom. The van der Waals surface area contributed by atoms with Gasteiger partial charge in [0.15, 0.2) is 40.5 Å². The van der Waals surface area contributed by atoms with E-state index < -0.39 is 127 Å². The van der Waals surface area contributed by atoms with Crippen LogP contribution in [0.4, 0.5) is 70.2 Å². The highest BCUT2D eigenvalue weighted by molar-refractivity contribution is 6.12. The Morgan fingerprint density at radius 3 is 1.14 bits per heavy atom. The van der Waals surface area contributed by atoms with E-state index in [4.69, 9.17) is 0 Å². The molecule has 49 heavy (non-hydrogen) atoms. The van der Waals surface area contributed by atoms with E-state index in [1.54, 1.807) is 0 Å². The quantitative estimate of drug-likeness (QED) is 0.154. The Bertz CT molecular complexity index is 2070. The third kappa shape index (κ3) is 5.99. The van der Waals surface area contributed by atoms with E-state index >= 15 is 8.78 Å². The summed E-state index contributed by atoms with van der Waals surface area (Å²) in [5, 5.41) is 29.3. The van der Waals surface area contributed by atoms with Crippen LogP contribution in [-0.2, 0) is 18.5 Å². The van der Waals surface area contributed by atoms with Crippen molar-refractivity contribution in [1.82, 2.24) is 15.0 Å². The topological polar surface area (TPSA) is 110 Å². The fourth-order valence-corrected chi connectivity index (χ4v) is 4.39. The molecule has 0 spiro atoms. The van der Waals surface area contributed by atoms with Gasteiger partial charge < -0.3 is 0 Å². The van der Waals surface area contributed by atoms with Gasteiger partial charge in [-0.25, -0.2) is 31.9 Å². The summed E-state index contributed by atoms with van der Waals surface area (Å²) in [5.74, 6) is -19.0. The van der Waals surface area contributed by atoms with Gasteiger partial charge in [-0.15, -0.1) is 0 Å². The minimum absolute atomic E-state index is 0.0222. The van der Waals surface area contributed by atoms with E-state index in [0.29, 0.717) is 0 Å². The lowest BCUT2D eigenvalue weighted by molar-refractivity contribution is -0.145. The summed E-state index contributed by atoms with van der Waals surface area (Å²) in [7, 11) is 0. The highest BCUT2D eigenvalue weighted by atomic mass is 19.4. The predicted octanol–water partition coefficient (Wildman–Crippen LogP) is 8.15. The van der Waals surface area contributed by atoms with Crippen LogP contribution in [0.1, 0.15) is 33.6 Å². The number of nitrogens with zero attached hydrogens (tertiary/aromatic N) is 6. The van der Waals surface area contributed by atoms with Crippen molar-refractivity contribution < 1.29 is 70.2 Å². The maximum Gasteiger partial charge on any atom is 0.436 e. The van der Waals surface area contributed by atoms with Crippen LogP contribution in [0.2, 0.25) is 0 Å².